The maximum absolute atomic E-state index is 13.2. The first kappa shape index (κ1) is 26.8. The number of aliphatic imine (C=N–C) groups is 1. The number of nitrogens with one attached hydrogen (secondary N) is 1. The molecule has 2 aliphatic carbocycles. The predicted molar refractivity (Wildman–Crippen MR) is 146 cm³/mol. The molecule has 2 saturated carbocycles. The van der Waals surface area contributed by atoms with Crippen LogP contribution in [0.4, 0.5) is 5.95 Å². The minimum atomic E-state index is -0.0319. The van der Waals surface area contributed by atoms with Crippen LogP contribution in [-0.4, -0.2) is 84.2 Å². The zero-order chi connectivity index (χ0) is 25.5. The SMILES string of the molecule is CCC/C(=N/C)c1nc(N(CCN2CCN(C(=O)C3CC3)CC2)CC2CCCCC2)[nH]c(=O)c1CC. The number of H-pyrrole nitrogens is 1. The molecule has 8 heteroatoms. The van der Waals surface area contributed by atoms with E-state index < -0.39 is 0 Å². The summed E-state index contributed by atoms with van der Waals surface area (Å²) in [5.41, 5.74) is 2.41. The Morgan fingerprint density at radius 1 is 1.08 bits per heavy atom. The molecule has 3 aliphatic rings. The number of aromatic nitrogens is 2. The summed E-state index contributed by atoms with van der Waals surface area (Å²) in [6, 6.07) is 0. The normalized spacial score (nSPS) is 20.1. The molecule has 0 aromatic carbocycles. The minimum absolute atomic E-state index is 0.0319. The number of amides is 1. The predicted octanol–water partition coefficient (Wildman–Crippen LogP) is 3.49. The third-order valence-electron chi connectivity index (χ3n) is 8.19. The van der Waals surface area contributed by atoms with E-state index in [1.807, 2.05) is 6.92 Å². The Morgan fingerprint density at radius 2 is 1.81 bits per heavy atom. The number of carbonyl (C=O) groups excluding carboxylic acids is 1. The summed E-state index contributed by atoms with van der Waals surface area (Å²) in [6.45, 7) is 10.3. The molecule has 8 nitrogen and oxygen atoms in total. The van der Waals surface area contributed by atoms with Crippen LogP contribution < -0.4 is 10.5 Å². The standard InChI is InChI=1S/C28H46N6O2/c1-4-9-24(29-3)25-23(5-2)26(35)31-28(30-25)34(20-21-10-7-6-8-11-21)19-16-32-14-17-33(18-15-32)27(36)22-12-13-22/h21-22H,4-20H2,1-3H3,(H,30,31,35)/b29-24-. The number of piperazine rings is 1. The molecule has 1 aromatic heterocycles. The van der Waals surface area contributed by atoms with Crippen LogP contribution in [0.5, 0.6) is 0 Å². The number of hydrogen-bond donors (Lipinski definition) is 1. The van der Waals surface area contributed by atoms with Gasteiger partial charge in [0.2, 0.25) is 11.9 Å². The molecule has 1 saturated heterocycles. The van der Waals surface area contributed by atoms with Gasteiger partial charge < -0.3 is 9.80 Å². The van der Waals surface area contributed by atoms with Gasteiger partial charge in [-0.2, -0.15) is 0 Å². The number of carbonyl (C=O) groups is 1. The summed E-state index contributed by atoms with van der Waals surface area (Å²) in [5, 5.41) is 0. The highest BCUT2D eigenvalue weighted by Gasteiger charge is 2.34. The van der Waals surface area contributed by atoms with Crippen LogP contribution in [0.25, 0.3) is 0 Å². The topological polar surface area (TPSA) is 84.9 Å². The fraction of sp³-hybridized carbons (Fsp3) is 0.786. The number of rotatable bonds is 11. The number of aromatic amines is 1. The van der Waals surface area contributed by atoms with E-state index in [0.717, 1.165) is 88.5 Å². The maximum atomic E-state index is 13.2. The van der Waals surface area contributed by atoms with Gasteiger partial charge in [0.05, 0.1) is 11.4 Å². The molecule has 4 rings (SSSR count). The first-order valence-corrected chi connectivity index (χ1v) is 14.4. The second kappa shape index (κ2) is 12.8. The number of hydrogen-bond acceptors (Lipinski definition) is 6. The molecule has 3 fully saturated rings. The minimum Gasteiger partial charge on any atom is -0.341 e. The maximum Gasteiger partial charge on any atom is 0.256 e. The first-order valence-electron chi connectivity index (χ1n) is 14.4. The molecule has 1 N–H and O–H groups in total. The lowest BCUT2D eigenvalue weighted by Gasteiger charge is -2.37. The third-order valence-corrected chi connectivity index (χ3v) is 8.19. The molecule has 0 radical (unpaired) electrons. The quantitative estimate of drug-likeness (QED) is 0.472. The van der Waals surface area contributed by atoms with Gasteiger partial charge in [0.15, 0.2) is 0 Å². The van der Waals surface area contributed by atoms with Crippen LogP contribution in [-0.2, 0) is 11.2 Å². The molecule has 0 bridgehead atoms. The molecule has 1 aliphatic heterocycles. The lowest BCUT2D eigenvalue weighted by molar-refractivity contribution is -0.134. The van der Waals surface area contributed by atoms with Crippen molar-refractivity contribution in [3.8, 4) is 0 Å². The summed E-state index contributed by atoms with van der Waals surface area (Å²) in [5.74, 6) is 1.99. The Morgan fingerprint density at radius 3 is 2.42 bits per heavy atom. The third kappa shape index (κ3) is 6.75. The van der Waals surface area contributed by atoms with Gasteiger partial charge in [-0.25, -0.2) is 4.98 Å². The largest absolute Gasteiger partial charge is 0.341 e. The van der Waals surface area contributed by atoms with E-state index in [-0.39, 0.29) is 5.56 Å². The van der Waals surface area contributed by atoms with Crippen molar-refractivity contribution >= 4 is 17.6 Å². The van der Waals surface area contributed by atoms with Gasteiger partial charge in [-0.3, -0.25) is 24.5 Å². The van der Waals surface area contributed by atoms with Crippen molar-refractivity contribution in [3.63, 3.8) is 0 Å². The lowest BCUT2D eigenvalue weighted by Crippen LogP contribution is -2.51. The Bertz CT molecular complexity index is 955. The second-order valence-corrected chi connectivity index (χ2v) is 10.9. The van der Waals surface area contributed by atoms with E-state index in [9.17, 15) is 9.59 Å². The summed E-state index contributed by atoms with van der Waals surface area (Å²) < 4.78 is 0. The van der Waals surface area contributed by atoms with Gasteiger partial charge in [0.1, 0.15) is 0 Å². The van der Waals surface area contributed by atoms with Gasteiger partial charge in [-0.15, -0.1) is 0 Å². The van der Waals surface area contributed by atoms with Crippen molar-refractivity contribution in [3.05, 3.63) is 21.6 Å². The molecule has 0 atom stereocenters. The highest BCUT2D eigenvalue weighted by atomic mass is 16.2. The Kier molecular flexibility index (Phi) is 9.57. The summed E-state index contributed by atoms with van der Waals surface area (Å²) in [6.07, 6.45) is 11.0. The molecule has 2 heterocycles. The lowest BCUT2D eigenvalue weighted by atomic mass is 9.89. The molecule has 1 amide bonds. The van der Waals surface area contributed by atoms with E-state index in [0.29, 0.717) is 30.1 Å². The van der Waals surface area contributed by atoms with E-state index >= 15 is 0 Å². The van der Waals surface area contributed by atoms with Gasteiger partial charge in [0, 0.05) is 64.3 Å². The van der Waals surface area contributed by atoms with Crippen molar-refractivity contribution in [1.29, 1.82) is 0 Å². The van der Waals surface area contributed by atoms with Gasteiger partial charge >= 0.3 is 0 Å². The second-order valence-electron chi connectivity index (χ2n) is 10.9. The molecular weight excluding hydrogens is 452 g/mol. The van der Waals surface area contributed by atoms with Crippen LogP contribution in [0.15, 0.2) is 9.79 Å². The zero-order valence-electron chi connectivity index (χ0n) is 22.7. The van der Waals surface area contributed by atoms with Crippen molar-refractivity contribution in [2.45, 2.75) is 78.1 Å². The average Bonchev–Trinajstić information content (AvgIpc) is 3.75. The smallest absolute Gasteiger partial charge is 0.256 e. The van der Waals surface area contributed by atoms with Crippen molar-refractivity contribution in [2.24, 2.45) is 16.8 Å². The summed E-state index contributed by atoms with van der Waals surface area (Å²) >= 11 is 0. The number of nitrogens with zero attached hydrogens (tertiary/aromatic N) is 5. The van der Waals surface area contributed by atoms with Crippen LogP contribution in [0.1, 0.15) is 82.9 Å². The molecule has 200 valence electrons. The van der Waals surface area contributed by atoms with E-state index in [2.05, 4.69) is 31.6 Å². The van der Waals surface area contributed by atoms with Gasteiger partial charge in [-0.05, 0) is 44.4 Å². The Hall–Kier alpha value is -2.22. The summed E-state index contributed by atoms with van der Waals surface area (Å²) in [7, 11) is 1.81. The Balaban J connectivity index is 1.49. The van der Waals surface area contributed by atoms with Crippen molar-refractivity contribution in [2.75, 3.05) is 57.8 Å². The zero-order valence-corrected chi connectivity index (χ0v) is 22.7. The van der Waals surface area contributed by atoms with Crippen molar-refractivity contribution in [1.82, 2.24) is 19.8 Å². The monoisotopic (exact) mass is 498 g/mol. The molecule has 0 unspecified atom stereocenters. The highest BCUT2D eigenvalue weighted by molar-refractivity contribution is 6.00. The first-order chi connectivity index (χ1) is 17.5. The molecule has 36 heavy (non-hydrogen) atoms. The van der Waals surface area contributed by atoms with Crippen LogP contribution in [0, 0.1) is 11.8 Å². The van der Waals surface area contributed by atoms with Crippen molar-refractivity contribution < 1.29 is 4.79 Å². The number of anilines is 1. The van der Waals surface area contributed by atoms with E-state index in [4.69, 9.17) is 4.98 Å². The summed E-state index contributed by atoms with van der Waals surface area (Å²) in [4.78, 5) is 45.1. The van der Waals surface area contributed by atoms with Gasteiger partial charge in [-0.1, -0.05) is 39.5 Å². The van der Waals surface area contributed by atoms with E-state index in [1.54, 1.807) is 7.05 Å². The fourth-order valence-electron chi connectivity index (χ4n) is 5.78. The van der Waals surface area contributed by atoms with Crippen LogP contribution in [0.3, 0.4) is 0 Å². The van der Waals surface area contributed by atoms with Crippen LogP contribution >= 0.6 is 0 Å². The van der Waals surface area contributed by atoms with Gasteiger partial charge in [0.25, 0.3) is 5.56 Å². The van der Waals surface area contributed by atoms with E-state index in [1.165, 1.54) is 32.1 Å². The fourth-order valence-corrected chi connectivity index (χ4v) is 5.78. The average molecular weight is 499 g/mol. The van der Waals surface area contributed by atoms with Crippen LogP contribution in [0.2, 0.25) is 0 Å². The molecular formula is C28H46N6O2. The molecule has 1 aromatic rings. The Labute approximate surface area is 216 Å². The molecule has 0 spiro atoms. The highest BCUT2D eigenvalue weighted by Crippen LogP contribution is 2.31.